The van der Waals surface area contributed by atoms with Crippen LogP contribution in [0.4, 0.5) is 5.82 Å². The first-order chi connectivity index (χ1) is 8.60. The van der Waals surface area contributed by atoms with Gasteiger partial charge in [0.05, 0.1) is 12.1 Å². The number of aryl methyl sites for hydroxylation is 1. The van der Waals surface area contributed by atoms with Crippen molar-refractivity contribution in [2.75, 3.05) is 5.73 Å². The van der Waals surface area contributed by atoms with Crippen molar-refractivity contribution >= 4 is 11.8 Å². The highest BCUT2D eigenvalue weighted by molar-refractivity contribution is 5.89. The highest BCUT2D eigenvalue weighted by Crippen LogP contribution is 2.14. The van der Waals surface area contributed by atoms with Gasteiger partial charge in [-0.3, -0.25) is 4.68 Å². The molecule has 0 aliphatic rings. The first kappa shape index (κ1) is 12.2. The van der Waals surface area contributed by atoms with Gasteiger partial charge in [-0.1, -0.05) is 19.1 Å². The first-order valence-corrected chi connectivity index (χ1v) is 5.74. The van der Waals surface area contributed by atoms with Crippen LogP contribution in [0.3, 0.4) is 0 Å². The summed E-state index contributed by atoms with van der Waals surface area (Å²) in [5.41, 5.74) is 7.75. The largest absolute Gasteiger partial charge is 0.478 e. The van der Waals surface area contributed by atoms with Gasteiger partial charge in [0.15, 0.2) is 0 Å². The molecule has 0 radical (unpaired) electrons. The van der Waals surface area contributed by atoms with Crippen LogP contribution in [-0.4, -0.2) is 20.9 Å². The second kappa shape index (κ2) is 4.91. The Balaban J connectivity index is 2.27. The van der Waals surface area contributed by atoms with Gasteiger partial charge in [0.1, 0.15) is 5.82 Å². The molecule has 1 aromatic carbocycles. The van der Waals surface area contributed by atoms with Crippen molar-refractivity contribution in [1.82, 2.24) is 9.78 Å². The number of hydrogen-bond acceptors (Lipinski definition) is 3. The molecule has 0 amide bonds. The highest BCUT2D eigenvalue weighted by atomic mass is 16.4. The first-order valence-electron chi connectivity index (χ1n) is 5.74. The van der Waals surface area contributed by atoms with Crippen molar-refractivity contribution in [2.45, 2.75) is 19.9 Å². The Kier molecular flexibility index (Phi) is 3.32. The fourth-order valence-electron chi connectivity index (χ4n) is 1.90. The number of carboxylic acid groups (broad SMARTS) is 1. The van der Waals surface area contributed by atoms with Crippen LogP contribution in [-0.2, 0) is 13.0 Å². The highest BCUT2D eigenvalue weighted by Gasteiger charge is 2.09. The number of anilines is 1. The van der Waals surface area contributed by atoms with E-state index in [-0.39, 0.29) is 0 Å². The van der Waals surface area contributed by atoms with Crippen molar-refractivity contribution in [3.8, 4) is 0 Å². The Labute approximate surface area is 105 Å². The summed E-state index contributed by atoms with van der Waals surface area (Å²) in [5, 5.41) is 13.1. The minimum Gasteiger partial charge on any atom is -0.478 e. The van der Waals surface area contributed by atoms with E-state index < -0.39 is 5.97 Å². The molecule has 0 spiro atoms. The van der Waals surface area contributed by atoms with Gasteiger partial charge >= 0.3 is 5.97 Å². The molecule has 5 heteroatoms. The van der Waals surface area contributed by atoms with Crippen LogP contribution >= 0.6 is 0 Å². The Morgan fingerprint density at radius 3 is 2.78 bits per heavy atom. The molecule has 0 saturated carbocycles. The minimum atomic E-state index is -0.887. The number of aromatic nitrogens is 2. The molecule has 1 heterocycles. The van der Waals surface area contributed by atoms with Crippen LogP contribution in [0.5, 0.6) is 0 Å². The lowest BCUT2D eigenvalue weighted by atomic mass is 10.0. The number of nitrogens with two attached hydrogens (primary N) is 1. The number of nitrogens with zero attached hydrogens (tertiary/aromatic N) is 2. The maximum absolute atomic E-state index is 11.0. The third-order valence-electron chi connectivity index (χ3n) is 2.79. The zero-order valence-corrected chi connectivity index (χ0v) is 10.1. The third-order valence-corrected chi connectivity index (χ3v) is 2.79. The molecule has 0 aliphatic heterocycles. The van der Waals surface area contributed by atoms with Crippen molar-refractivity contribution in [2.24, 2.45) is 0 Å². The van der Waals surface area contributed by atoms with Crippen molar-refractivity contribution in [3.05, 3.63) is 47.2 Å². The standard InChI is InChI=1S/C13H15N3O2/c1-2-10-7-9(3-4-11(10)13(17)18)8-16-6-5-12(14)15-16/h3-7H,2,8H2,1H3,(H2,14,15)(H,17,18). The van der Waals surface area contributed by atoms with Gasteiger partial charge < -0.3 is 10.8 Å². The van der Waals surface area contributed by atoms with Crippen molar-refractivity contribution in [3.63, 3.8) is 0 Å². The van der Waals surface area contributed by atoms with E-state index in [2.05, 4.69) is 5.10 Å². The van der Waals surface area contributed by atoms with Gasteiger partial charge in [-0.05, 0) is 29.7 Å². The van der Waals surface area contributed by atoms with E-state index >= 15 is 0 Å². The molecule has 0 saturated heterocycles. The van der Waals surface area contributed by atoms with Gasteiger partial charge in [-0.2, -0.15) is 5.10 Å². The number of carboxylic acids is 1. The lowest BCUT2D eigenvalue weighted by Crippen LogP contribution is -2.05. The fraction of sp³-hybridized carbons (Fsp3) is 0.231. The number of nitrogen functional groups attached to an aromatic ring is 1. The van der Waals surface area contributed by atoms with E-state index in [4.69, 9.17) is 10.8 Å². The van der Waals surface area contributed by atoms with Crippen LogP contribution in [0, 0.1) is 0 Å². The van der Waals surface area contributed by atoms with Gasteiger partial charge in [0.2, 0.25) is 0 Å². The molecular formula is C13H15N3O2. The van der Waals surface area contributed by atoms with E-state index in [1.807, 2.05) is 13.0 Å². The van der Waals surface area contributed by atoms with Crippen LogP contribution in [0.15, 0.2) is 30.5 Å². The summed E-state index contributed by atoms with van der Waals surface area (Å²) in [6.45, 7) is 2.53. The zero-order valence-electron chi connectivity index (χ0n) is 10.1. The summed E-state index contributed by atoms with van der Waals surface area (Å²) < 4.78 is 1.73. The topological polar surface area (TPSA) is 81.1 Å². The van der Waals surface area contributed by atoms with Gasteiger partial charge in [0, 0.05) is 6.20 Å². The molecule has 0 bridgehead atoms. The van der Waals surface area contributed by atoms with Gasteiger partial charge in [-0.15, -0.1) is 0 Å². The summed E-state index contributed by atoms with van der Waals surface area (Å²) >= 11 is 0. The van der Waals surface area contributed by atoms with Gasteiger partial charge in [0.25, 0.3) is 0 Å². The van der Waals surface area contributed by atoms with E-state index in [9.17, 15) is 4.79 Å². The van der Waals surface area contributed by atoms with E-state index in [0.717, 1.165) is 11.1 Å². The SMILES string of the molecule is CCc1cc(Cn2ccc(N)n2)ccc1C(=O)O. The van der Waals surface area contributed by atoms with Crippen LogP contribution in [0.2, 0.25) is 0 Å². The van der Waals surface area contributed by atoms with Crippen LogP contribution in [0.25, 0.3) is 0 Å². The van der Waals surface area contributed by atoms with Crippen LogP contribution in [0.1, 0.15) is 28.4 Å². The van der Waals surface area contributed by atoms with Crippen molar-refractivity contribution < 1.29 is 9.90 Å². The maximum atomic E-state index is 11.0. The molecule has 0 aliphatic carbocycles. The predicted molar refractivity (Wildman–Crippen MR) is 68.5 cm³/mol. The molecular weight excluding hydrogens is 230 g/mol. The summed E-state index contributed by atoms with van der Waals surface area (Å²) in [6.07, 6.45) is 2.49. The quantitative estimate of drug-likeness (QED) is 0.860. The second-order valence-electron chi connectivity index (χ2n) is 4.09. The average Bonchev–Trinajstić information content (AvgIpc) is 2.74. The summed E-state index contributed by atoms with van der Waals surface area (Å²) in [5.74, 6) is -0.408. The molecule has 0 unspecified atom stereocenters. The summed E-state index contributed by atoms with van der Waals surface area (Å²) in [4.78, 5) is 11.0. The molecule has 2 rings (SSSR count). The Hall–Kier alpha value is -2.30. The monoisotopic (exact) mass is 245 g/mol. The van der Waals surface area contributed by atoms with Crippen LogP contribution < -0.4 is 5.73 Å². The number of carbonyl (C=O) groups is 1. The minimum absolute atomic E-state index is 0.362. The normalized spacial score (nSPS) is 10.5. The van der Waals surface area contributed by atoms with Gasteiger partial charge in [-0.25, -0.2) is 4.79 Å². The molecule has 18 heavy (non-hydrogen) atoms. The molecule has 2 aromatic rings. The van der Waals surface area contributed by atoms with E-state index in [1.54, 1.807) is 29.1 Å². The fourth-order valence-corrected chi connectivity index (χ4v) is 1.90. The Bertz CT molecular complexity index is 575. The number of aromatic carboxylic acids is 1. The molecule has 3 N–H and O–H groups in total. The lowest BCUT2D eigenvalue weighted by molar-refractivity contribution is 0.0695. The smallest absolute Gasteiger partial charge is 0.335 e. The number of benzene rings is 1. The lowest BCUT2D eigenvalue weighted by Gasteiger charge is -2.07. The predicted octanol–water partition coefficient (Wildman–Crippen LogP) is 1.77. The maximum Gasteiger partial charge on any atom is 0.335 e. The van der Waals surface area contributed by atoms with Crippen molar-refractivity contribution in [1.29, 1.82) is 0 Å². The number of hydrogen-bond donors (Lipinski definition) is 2. The number of rotatable bonds is 4. The third kappa shape index (κ3) is 2.51. The molecule has 1 aromatic heterocycles. The van der Waals surface area contributed by atoms with E-state index in [0.29, 0.717) is 24.3 Å². The van der Waals surface area contributed by atoms with E-state index in [1.165, 1.54) is 0 Å². The Morgan fingerprint density at radius 2 is 2.22 bits per heavy atom. The summed E-state index contributed by atoms with van der Waals surface area (Å²) in [7, 11) is 0. The zero-order chi connectivity index (χ0) is 13.1. The summed E-state index contributed by atoms with van der Waals surface area (Å²) in [6, 6.07) is 7.08. The molecule has 0 fully saturated rings. The molecule has 5 nitrogen and oxygen atoms in total. The average molecular weight is 245 g/mol. The molecule has 0 atom stereocenters. The Morgan fingerprint density at radius 1 is 1.44 bits per heavy atom. The second-order valence-corrected chi connectivity index (χ2v) is 4.09. The molecule has 94 valence electrons.